The van der Waals surface area contributed by atoms with Crippen molar-refractivity contribution in [1.29, 1.82) is 0 Å². The molecule has 0 aliphatic carbocycles. The summed E-state index contributed by atoms with van der Waals surface area (Å²) in [6.45, 7) is 0. The number of carbonyl (C=O) groups is 1. The molecule has 0 aliphatic rings. The smallest absolute Gasteiger partial charge is 0.261 e. The molecular weight excluding hydrogens is 347 g/mol. The van der Waals surface area contributed by atoms with Crippen LogP contribution < -0.4 is 10.9 Å². The van der Waals surface area contributed by atoms with Gasteiger partial charge in [0.15, 0.2) is 0 Å². The molecule has 6 nitrogen and oxygen atoms in total. The van der Waals surface area contributed by atoms with Crippen LogP contribution in [0.1, 0.15) is 10.4 Å². The highest BCUT2D eigenvalue weighted by molar-refractivity contribution is 6.31. The molecule has 0 unspecified atom stereocenters. The van der Waals surface area contributed by atoms with Crippen LogP contribution in [0.5, 0.6) is 0 Å². The SMILES string of the molecule is O=C(Nc1ccc(F)c(Cl)c1)c1cnn2c1[nH]c(=O)c1ccccc12. The van der Waals surface area contributed by atoms with E-state index in [2.05, 4.69) is 15.4 Å². The molecule has 4 rings (SSSR count). The Hall–Kier alpha value is -3.19. The Kier molecular flexibility index (Phi) is 3.51. The normalized spacial score (nSPS) is 11.1. The molecule has 0 saturated heterocycles. The van der Waals surface area contributed by atoms with Gasteiger partial charge in [0, 0.05) is 5.69 Å². The van der Waals surface area contributed by atoms with Crippen LogP contribution in [-0.2, 0) is 0 Å². The Morgan fingerprint density at radius 2 is 2.04 bits per heavy atom. The van der Waals surface area contributed by atoms with Gasteiger partial charge in [-0.3, -0.25) is 9.59 Å². The molecule has 0 bridgehead atoms. The Morgan fingerprint density at radius 1 is 1.24 bits per heavy atom. The summed E-state index contributed by atoms with van der Waals surface area (Å²) in [5.41, 5.74) is 1.06. The molecule has 0 fully saturated rings. The van der Waals surface area contributed by atoms with Crippen molar-refractivity contribution < 1.29 is 9.18 Å². The third-order valence-electron chi connectivity index (χ3n) is 3.80. The zero-order chi connectivity index (χ0) is 17.6. The number of anilines is 1. The Labute approximate surface area is 144 Å². The molecule has 2 aromatic heterocycles. The molecule has 0 aliphatic heterocycles. The maximum absolute atomic E-state index is 13.2. The van der Waals surface area contributed by atoms with E-state index in [1.54, 1.807) is 24.3 Å². The van der Waals surface area contributed by atoms with Crippen molar-refractivity contribution >= 4 is 39.7 Å². The molecule has 4 aromatic rings. The van der Waals surface area contributed by atoms with E-state index >= 15 is 0 Å². The highest BCUT2D eigenvalue weighted by Gasteiger charge is 2.16. The number of amides is 1. The van der Waals surface area contributed by atoms with E-state index in [0.717, 1.165) is 6.07 Å². The van der Waals surface area contributed by atoms with Crippen molar-refractivity contribution in [1.82, 2.24) is 14.6 Å². The third kappa shape index (κ3) is 2.54. The molecule has 8 heteroatoms. The second-order valence-corrected chi connectivity index (χ2v) is 5.78. The zero-order valence-electron chi connectivity index (χ0n) is 12.6. The van der Waals surface area contributed by atoms with E-state index in [0.29, 0.717) is 16.6 Å². The summed E-state index contributed by atoms with van der Waals surface area (Å²) in [4.78, 5) is 27.4. The molecule has 2 heterocycles. The van der Waals surface area contributed by atoms with Crippen LogP contribution in [0.2, 0.25) is 5.02 Å². The predicted octanol–water partition coefficient (Wildman–Crippen LogP) is 3.22. The van der Waals surface area contributed by atoms with Crippen LogP contribution in [0.3, 0.4) is 0 Å². The summed E-state index contributed by atoms with van der Waals surface area (Å²) in [7, 11) is 0. The summed E-state index contributed by atoms with van der Waals surface area (Å²) < 4.78 is 14.7. The Morgan fingerprint density at radius 3 is 2.84 bits per heavy atom. The summed E-state index contributed by atoms with van der Waals surface area (Å²) in [6, 6.07) is 10.8. The van der Waals surface area contributed by atoms with Gasteiger partial charge < -0.3 is 10.3 Å². The van der Waals surface area contributed by atoms with Crippen LogP contribution in [-0.4, -0.2) is 20.5 Å². The molecule has 1 amide bonds. The third-order valence-corrected chi connectivity index (χ3v) is 4.09. The number of nitrogens with zero attached hydrogens (tertiary/aromatic N) is 2. The van der Waals surface area contributed by atoms with E-state index in [-0.39, 0.29) is 21.8 Å². The van der Waals surface area contributed by atoms with Crippen LogP contribution in [0.4, 0.5) is 10.1 Å². The first-order valence-electron chi connectivity index (χ1n) is 7.30. The van der Waals surface area contributed by atoms with Gasteiger partial charge in [-0.25, -0.2) is 8.91 Å². The number of hydrogen-bond donors (Lipinski definition) is 2. The molecule has 0 atom stereocenters. The lowest BCUT2D eigenvalue weighted by Gasteiger charge is -2.05. The molecule has 0 spiro atoms. The van der Waals surface area contributed by atoms with E-state index in [9.17, 15) is 14.0 Å². The minimum Gasteiger partial charge on any atom is -0.322 e. The monoisotopic (exact) mass is 356 g/mol. The number of fused-ring (bicyclic) bond motifs is 3. The number of H-pyrrole nitrogens is 1. The second-order valence-electron chi connectivity index (χ2n) is 5.37. The summed E-state index contributed by atoms with van der Waals surface area (Å²) in [5.74, 6) is -1.07. The number of para-hydroxylation sites is 1. The van der Waals surface area contributed by atoms with Crippen molar-refractivity contribution in [3.05, 3.63) is 75.4 Å². The zero-order valence-corrected chi connectivity index (χ0v) is 13.3. The first kappa shape index (κ1) is 15.3. The fourth-order valence-corrected chi connectivity index (χ4v) is 2.80. The fraction of sp³-hybridized carbons (Fsp3) is 0. The number of hydrogen-bond acceptors (Lipinski definition) is 3. The van der Waals surface area contributed by atoms with E-state index in [4.69, 9.17) is 11.6 Å². The van der Waals surface area contributed by atoms with Crippen LogP contribution in [0, 0.1) is 5.82 Å². The van der Waals surface area contributed by atoms with Gasteiger partial charge in [-0.1, -0.05) is 23.7 Å². The first-order valence-corrected chi connectivity index (χ1v) is 7.67. The molecule has 2 aromatic carbocycles. The fourth-order valence-electron chi connectivity index (χ4n) is 2.62. The van der Waals surface area contributed by atoms with Gasteiger partial charge in [-0.05, 0) is 30.3 Å². The predicted molar refractivity (Wildman–Crippen MR) is 92.7 cm³/mol. The lowest BCUT2D eigenvalue weighted by Crippen LogP contribution is -2.15. The number of aromatic nitrogens is 3. The van der Waals surface area contributed by atoms with Crippen LogP contribution >= 0.6 is 11.6 Å². The number of rotatable bonds is 2. The molecule has 0 radical (unpaired) electrons. The summed E-state index contributed by atoms with van der Waals surface area (Å²) in [6.07, 6.45) is 1.36. The lowest BCUT2D eigenvalue weighted by atomic mass is 10.2. The first-order chi connectivity index (χ1) is 12.0. The number of halogens is 2. The number of nitrogens with one attached hydrogen (secondary N) is 2. The Balaban J connectivity index is 1.80. The van der Waals surface area contributed by atoms with Gasteiger partial charge in [0.25, 0.3) is 11.5 Å². The van der Waals surface area contributed by atoms with Gasteiger partial charge >= 0.3 is 0 Å². The van der Waals surface area contributed by atoms with Crippen molar-refractivity contribution in [2.75, 3.05) is 5.32 Å². The average molecular weight is 357 g/mol. The van der Waals surface area contributed by atoms with Gasteiger partial charge in [-0.15, -0.1) is 0 Å². The molecule has 124 valence electrons. The maximum Gasteiger partial charge on any atom is 0.261 e. The van der Waals surface area contributed by atoms with Gasteiger partial charge in [0.05, 0.1) is 22.1 Å². The molecule has 2 N–H and O–H groups in total. The van der Waals surface area contributed by atoms with Crippen molar-refractivity contribution in [2.45, 2.75) is 0 Å². The van der Waals surface area contributed by atoms with E-state index in [1.807, 2.05) is 0 Å². The van der Waals surface area contributed by atoms with Gasteiger partial charge in [-0.2, -0.15) is 5.10 Å². The minimum absolute atomic E-state index is 0.0999. The maximum atomic E-state index is 13.2. The second kappa shape index (κ2) is 5.71. The Bertz CT molecular complexity index is 1200. The van der Waals surface area contributed by atoms with Crippen LogP contribution in [0.15, 0.2) is 53.5 Å². The largest absolute Gasteiger partial charge is 0.322 e. The molecule has 0 saturated carbocycles. The van der Waals surface area contributed by atoms with E-state index < -0.39 is 11.7 Å². The standard InChI is InChI=1S/C17H10ClFN4O2/c18-12-7-9(5-6-13(12)19)21-17(25)11-8-20-23-14-4-2-1-3-10(14)16(24)22-15(11)23/h1-8H,(H,21,25)(H,22,24). The quantitative estimate of drug-likeness (QED) is 0.578. The topological polar surface area (TPSA) is 79.3 Å². The van der Waals surface area contributed by atoms with Gasteiger partial charge in [0.2, 0.25) is 0 Å². The van der Waals surface area contributed by atoms with Crippen molar-refractivity contribution in [3.8, 4) is 0 Å². The molecular formula is C17H10ClFN4O2. The highest BCUT2D eigenvalue weighted by atomic mass is 35.5. The summed E-state index contributed by atoms with van der Waals surface area (Å²) in [5, 5.41) is 7.16. The highest BCUT2D eigenvalue weighted by Crippen LogP contribution is 2.21. The average Bonchev–Trinajstić information content (AvgIpc) is 3.02. The lowest BCUT2D eigenvalue weighted by molar-refractivity contribution is 0.102. The van der Waals surface area contributed by atoms with Gasteiger partial charge in [0.1, 0.15) is 17.0 Å². The molecule has 25 heavy (non-hydrogen) atoms. The summed E-state index contributed by atoms with van der Waals surface area (Å²) >= 11 is 5.71. The van der Waals surface area contributed by atoms with Crippen molar-refractivity contribution in [2.24, 2.45) is 0 Å². The number of aromatic amines is 1. The van der Waals surface area contributed by atoms with E-state index in [1.165, 1.54) is 22.8 Å². The van der Waals surface area contributed by atoms with Crippen molar-refractivity contribution in [3.63, 3.8) is 0 Å². The number of benzene rings is 2. The number of carbonyl (C=O) groups excluding carboxylic acids is 1. The van der Waals surface area contributed by atoms with Crippen LogP contribution in [0.25, 0.3) is 16.6 Å². The minimum atomic E-state index is -0.577.